The molecule has 2 N–H and O–H groups in total. The van der Waals surface area contributed by atoms with E-state index in [0.717, 1.165) is 6.07 Å². The highest BCUT2D eigenvalue weighted by atomic mass is 19.4. The van der Waals surface area contributed by atoms with E-state index in [4.69, 9.17) is 4.74 Å². The topological polar surface area (TPSA) is 54.1 Å². The van der Waals surface area contributed by atoms with E-state index in [2.05, 4.69) is 10.3 Å². The summed E-state index contributed by atoms with van der Waals surface area (Å²) in [4.78, 5) is 13.8. The molecule has 0 fully saturated rings. The number of H-pyrrole nitrogens is 1. The Bertz CT molecular complexity index is 647. The highest BCUT2D eigenvalue weighted by Gasteiger charge is 2.32. The molecule has 1 aromatic carbocycles. The number of benzene rings is 1. The third-order valence-corrected chi connectivity index (χ3v) is 2.72. The average Bonchev–Trinajstić information content (AvgIpc) is 2.79. The van der Waals surface area contributed by atoms with Gasteiger partial charge in [0.15, 0.2) is 0 Å². The van der Waals surface area contributed by atoms with Crippen LogP contribution in [0.4, 0.5) is 23.7 Å². The van der Waals surface area contributed by atoms with Crippen LogP contribution in [0, 0.1) is 5.92 Å². The van der Waals surface area contributed by atoms with E-state index in [0.29, 0.717) is 16.6 Å². The van der Waals surface area contributed by atoms with Gasteiger partial charge in [0.05, 0.1) is 6.61 Å². The molecule has 0 spiro atoms. The van der Waals surface area contributed by atoms with Crippen LogP contribution in [-0.4, -0.2) is 17.7 Å². The number of hydrogen-bond donors (Lipinski definition) is 2. The first kappa shape index (κ1) is 15.2. The number of carbonyl (C=O) groups is 1. The van der Waals surface area contributed by atoms with Crippen molar-refractivity contribution in [2.75, 3.05) is 11.9 Å². The van der Waals surface area contributed by atoms with Gasteiger partial charge in [0, 0.05) is 16.6 Å². The summed E-state index contributed by atoms with van der Waals surface area (Å²) < 4.78 is 42.7. The van der Waals surface area contributed by atoms with Crippen molar-refractivity contribution in [2.24, 2.45) is 5.92 Å². The lowest BCUT2D eigenvalue weighted by Crippen LogP contribution is -2.16. The number of aromatic nitrogens is 1. The van der Waals surface area contributed by atoms with Crippen LogP contribution >= 0.6 is 0 Å². The Balaban J connectivity index is 2.13. The Hall–Kier alpha value is -2.18. The Labute approximate surface area is 119 Å². The number of carbonyl (C=O) groups excluding carboxylic acids is 1. The summed E-state index contributed by atoms with van der Waals surface area (Å²) in [5.74, 6) is 0.206. The second-order valence-electron chi connectivity index (χ2n) is 5.10. The summed E-state index contributed by atoms with van der Waals surface area (Å²) in [5, 5.41) is 2.85. The fraction of sp³-hybridized carbons (Fsp3) is 0.357. The van der Waals surface area contributed by atoms with E-state index in [-0.39, 0.29) is 12.5 Å². The summed E-state index contributed by atoms with van der Waals surface area (Å²) in [5.41, 5.74) is -0.0931. The number of hydrogen-bond acceptors (Lipinski definition) is 2. The smallest absolute Gasteiger partial charge is 0.431 e. The van der Waals surface area contributed by atoms with Crippen molar-refractivity contribution >= 4 is 22.7 Å². The van der Waals surface area contributed by atoms with E-state index in [1.165, 1.54) is 18.2 Å². The highest BCUT2D eigenvalue weighted by molar-refractivity contribution is 5.90. The number of alkyl halides is 3. The van der Waals surface area contributed by atoms with Crippen molar-refractivity contribution in [3.05, 3.63) is 30.0 Å². The van der Waals surface area contributed by atoms with Gasteiger partial charge in [-0.05, 0) is 30.2 Å². The van der Waals surface area contributed by atoms with Crippen LogP contribution in [0.2, 0.25) is 0 Å². The molecule has 0 aliphatic carbocycles. The van der Waals surface area contributed by atoms with Crippen LogP contribution < -0.4 is 5.32 Å². The van der Waals surface area contributed by atoms with Crippen molar-refractivity contribution in [2.45, 2.75) is 20.0 Å². The maximum Gasteiger partial charge on any atom is 0.431 e. The summed E-state index contributed by atoms with van der Waals surface area (Å²) in [6.45, 7) is 4.08. The van der Waals surface area contributed by atoms with Crippen molar-refractivity contribution in [1.82, 2.24) is 4.98 Å². The van der Waals surface area contributed by atoms with Crippen LogP contribution in [0.25, 0.3) is 10.9 Å². The number of nitrogens with one attached hydrogen (secondary N) is 2. The zero-order valence-electron chi connectivity index (χ0n) is 11.5. The number of rotatable bonds is 3. The number of halogens is 3. The third-order valence-electron chi connectivity index (χ3n) is 2.72. The normalized spacial score (nSPS) is 11.9. The molecule has 0 saturated carbocycles. The Morgan fingerprint density at radius 2 is 2.05 bits per heavy atom. The van der Waals surface area contributed by atoms with Crippen molar-refractivity contribution in [1.29, 1.82) is 0 Å². The largest absolute Gasteiger partial charge is 0.449 e. The maximum absolute atomic E-state index is 12.6. The number of fused-ring (bicyclic) bond motifs is 1. The minimum absolute atomic E-state index is 0.206. The Morgan fingerprint density at radius 3 is 2.67 bits per heavy atom. The molecule has 114 valence electrons. The van der Waals surface area contributed by atoms with Gasteiger partial charge in [-0.25, -0.2) is 4.79 Å². The third kappa shape index (κ3) is 3.90. The van der Waals surface area contributed by atoms with Gasteiger partial charge in [0.2, 0.25) is 0 Å². The molecule has 2 aromatic rings. The van der Waals surface area contributed by atoms with Crippen molar-refractivity contribution in [3.63, 3.8) is 0 Å². The molecule has 0 radical (unpaired) electrons. The van der Waals surface area contributed by atoms with Crippen molar-refractivity contribution in [3.8, 4) is 0 Å². The van der Waals surface area contributed by atoms with Gasteiger partial charge >= 0.3 is 12.3 Å². The van der Waals surface area contributed by atoms with Gasteiger partial charge < -0.3 is 9.72 Å². The van der Waals surface area contributed by atoms with Crippen LogP contribution in [0.1, 0.15) is 19.5 Å². The number of aromatic amines is 1. The molecule has 4 nitrogen and oxygen atoms in total. The van der Waals surface area contributed by atoms with Crippen LogP contribution in [-0.2, 0) is 10.9 Å². The molecule has 0 unspecified atom stereocenters. The van der Waals surface area contributed by atoms with Gasteiger partial charge in [-0.1, -0.05) is 13.8 Å². The van der Waals surface area contributed by atoms with Crippen molar-refractivity contribution < 1.29 is 22.7 Å². The molecule has 2 rings (SSSR count). The lowest BCUT2D eigenvalue weighted by molar-refractivity contribution is -0.140. The molecule has 7 heteroatoms. The first-order valence-electron chi connectivity index (χ1n) is 6.39. The predicted molar refractivity (Wildman–Crippen MR) is 73.1 cm³/mol. The summed E-state index contributed by atoms with van der Waals surface area (Å²) in [6.07, 6.45) is -5.06. The van der Waals surface area contributed by atoms with Gasteiger partial charge in [-0.2, -0.15) is 13.2 Å². The molecule has 0 aliphatic heterocycles. The molecule has 1 heterocycles. The van der Waals surface area contributed by atoms with E-state index >= 15 is 0 Å². The second kappa shape index (κ2) is 5.67. The van der Waals surface area contributed by atoms with Gasteiger partial charge in [-0.3, -0.25) is 5.32 Å². The van der Waals surface area contributed by atoms with Gasteiger partial charge in [0.25, 0.3) is 0 Å². The zero-order valence-corrected chi connectivity index (χ0v) is 11.5. The Kier molecular flexibility index (Phi) is 4.11. The van der Waals surface area contributed by atoms with Gasteiger partial charge in [-0.15, -0.1) is 0 Å². The molecule has 21 heavy (non-hydrogen) atoms. The first-order chi connectivity index (χ1) is 9.75. The lowest BCUT2D eigenvalue weighted by Gasteiger charge is -2.08. The first-order valence-corrected chi connectivity index (χ1v) is 6.39. The molecular formula is C14H15F3N2O2. The molecule has 1 amide bonds. The predicted octanol–water partition coefficient (Wildman–Crippen LogP) is 4.39. The molecule has 0 saturated heterocycles. The maximum atomic E-state index is 12.6. The fourth-order valence-electron chi connectivity index (χ4n) is 1.76. The summed E-state index contributed by atoms with van der Waals surface area (Å²) >= 11 is 0. The average molecular weight is 300 g/mol. The van der Waals surface area contributed by atoms with Crippen LogP contribution in [0.15, 0.2) is 24.3 Å². The minimum Gasteiger partial charge on any atom is -0.449 e. The fourth-order valence-corrected chi connectivity index (χ4v) is 1.76. The SMILES string of the molecule is CC(C)COC(=O)Nc1ccc2[nH]c(C(F)(F)F)cc2c1. The lowest BCUT2D eigenvalue weighted by atomic mass is 10.2. The Morgan fingerprint density at radius 1 is 1.33 bits per heavy atom. The molecule has 0 bridgehead atoms. The van der Waals surface area contributed by atoms with E-state index in [9.17, 15) is 18.0 Å². The molecule has 1 aromatic heterocycles. The number of amides is 1. The van der Waals surface area contributed by atoms with E-state index in [1.54, 1.807) is 0 Å². The number of anilines is 1. The van der Waals surface area contributed by atoms with Crippen LogP contribution in [0.3, 0.4) is 0 Å². The molecular weight excluding hydrogens is 285 g/mol. The highest BCUT2D eigenvalue weighted by Crippen LogP contribution is 2.31. The second-order valence-corrected chi connectivity index (χ2v) is 5.10. The summed E-state index contributed by atoms with van der Waals surface area (Å²) in [6, 6.07) is 5.44. The zero-order chi connectivity index (χ0) is 15.6. The van der Waals surface area contributed by atoms with E-state index < -0.39 is 18.0 Å². The van der Waals surface area contributed by atoms with Crippen LogP contribution in [0.5, 0.6) is 0 Å². The quantitative estimate of drug-likeness (QED) is 0.883. The molecule has 0 atom stereocenters. The van der Waals surface area contributed by atoms with E-state index in [1.807, 2.05) is 13.8 Å². The van der Waals surface area contributed by atoms with Gasteiger partial charge in [0.1, 0.15) is 5.69 Å². The number of ether oxygens (including phenoxy) is 1. The summed E-state index contributed by atoms with van der Waals surface area (Å²) in [7, 11) is 0. The molecule has 0 aliphatic rings. The monoisotopic (exact) mass is 300 g/mol. The standard InChI is InChI=1S/C14H15F3N2O2/c1-8(2)7-21-13(20)18-10-3-4-11-9(5-10)6-12(19-11)14(15,16)17/h3-6,8,19H,7H2,1-2H3,(H,18,20). The minimum atomic E-state index is -4.43.